The lowest BCUT2D eigenvalue weighted by Crippen LogP contribution is -2.07. The normalized spacial score (nSPS) is 13.3. The van der Waals surface area contributed by atoms with Crippen molar-refractivity contribution in [3.63, 3.8) is 0 Å². The van der Waals surface area contributed by atoms with E-state index in [1.807, 2.05) is 7.05 Å². The molecule has 0 amide bonds. The fraction of sp³-hybridized carbons (Fsp3) is 0.556. The van der Waals surface area contributed by atoms with E-state index >= 15 is 0 Å². The minimum absolute atomic E-state index is 0.541. The van der Waals surface area contributed by atoms with E-state index in [1.54, 1.807) is 0 Å². The molecule has 110 valence electrons. The van der Waals surface area contributed by atoms with Crippen LogP contribution >= 0.6 is 0 Å². The number of rotatable bonds is 6. The highest BCUT2D eigenvalue weighted by Crippen LogP contribution is 2.34. The summed E-state index contributed by atoms with van der Waals surface area (Å²) in [7, 11) is 1.97. The van der Waals surface area contributed by atoms with Gasteiger partial charge in [-0.05, 0) is 37.3 Å². The largest absolute Gasteiger partial charge is 0.459 e. The van der Waals surface area contributed by atoms with Crippen molar-refractivity contribution < 1.29 is 4.42 Å². The van der Waals surface area contributed by atoms with Gasteiger partial charge in [0.05, 0.1) is 6.54 Å². The van der Waals surface area contributed by atoms with Gasteiger partial charge in [-0.15, -0.1) is 0 Å². The summed E-state index contributed by atoms with van der Waals surface area (Å²) in [6, 6.07) is 6.59. The number of benzene rings is 1. The summed E-state index contributed by atoms with van der Waals surface area (Å²) in [4.78, 5) is 0. The number of fused-ring (bicyclic) bond motifs is 1. The van der Waals surface area contributed by atoms with E-state index in [2.05, 4.69) is 51.2 Å². The van der Waals surface area contributed by atoms with Gasteiger partial charge in [0.25, 0.3) is 0 Å². The Balaban J connectivity index is 2.60. The van der Waals surface area contributed by atoms with Gasteiger partial charge < -0.3 is 9.73 Å². The maximum atomic E-state index is 6.23. The van der Waals surface area contributed by atoms with Crippen molar-refractivity contribution in [2.75, 3.05) is 7.05 Å². The fourth-order valence-corrected chi connectivity index (χ4v) is 2.78. The van der Waals surface area contributed by atoms with Crippen LogP contribution in [0, 0.1) is 5.92 Å². The molecule has 0 aliphatic rings. The summed E-state index contributed by atoms with van der Waals surface area (Å²) in [5.41, 5.74) is 3.83. The predicted octanol–water partition coefficient (Wildman–Crippen LogP) is 4.86. The Morgan fingerprint density at radius 2 is 1.95 bits per heavy atom. The molecule has 20 heavy (non-hydrogen) atoms. The van der Waals surface area contributed by atoms with Gasteiger partial charge in [-0.25, -0.2) is 0 Å². The molecule has 0 aliphatic heterocycles. The predicted molar refractivity (Wildman–Crippen MR) is 86.2 cm³/mol. The Hall–Kier alpha value is -1.28. The summed E-state index contributed by atoms with van der Waals surface area (Å²) in [5, 5.41) is 4.53. The smallest absolute Gasteiger partial charge is 0.138 e. The number of furan rings is 1. The molecule has 1 aromatic carbocycles. The molecule has 0 aliphatic carbocycles. The van der Waals surface area contributed by atoms with Gasteiger partial charge in [0, 0.05) is 10.9 Å². The Morgan fingerprint density at radius 1 is 1.20 bits per heavy atom. The highest BCUT2D eigenvalue weighted by atomic mass is 16.3. The summed E-state index contributed by atoms with van der Waals surface area (Å²) in [6.45, 7) is 9.84. The number of hydrogen-bond donors (Lipinski definition) is 1. The van der Waals surface area contributed by atoms with Gasteiger partial charge >= 0.3 is 0 Å². The lowest BCUT2D eigenvalue weighted by atomic mass is 9.94. The summed E-state index contributed by atoms with van der Waals surface area (Å²) >= 11 is 0. The maximum Gasteiger partial charge on any atom is 0.138 e. The standard InChI is InChI=1S/C18H27NO/c1-6-13(4)14-8-7-9-15-16(10-12(2)3)17(11-19-5)20-18(14)15/h7-9,12-13,19H,6,10-11H2,1-5H3. The van der Waals surface area contributed by atoms with E-state index in [0.717, 1.165) is 30.7 Å². The molecule has 0 radical (unpaired) electrons. The maximum absolute atomic E-state index is 6.23. The zero-order valence-corrected chi connectivity index (χ0v) is 13.4. The molecule has 1 atom stereocenters. The van der Waals surface area contributed by atoms with Crippen LogP contribution in [0.25, 0.3) is 11.0 Å². The Morgan fingerprint density at radius 3 is 2.55 bits per heavy atom. The van der Waals surface area contributed by atoms with Crippen molar-refractivity contribution in [2.45, 2.75) is 53.0 Å². The van der Waals surface area contributed by atoms with Crippen molar-refractivity contribution in [2.24, 2.45) is 5.92 Å². The van der Waals surface area contributed by atoms with Crippen molar-refractivity contribution in [1.29, 1.82) is 0 Å². The van der Waals surface area contributed by atoms with E-state index in [9.17, 15) is 0 Å². The van der Waals surface area contributed by atoms with Crippen LogP contribution < -0.4 is 5.32 Å². The third kappa shape index (κ3) is 2.90. The molecular weight excluding hydrogens is 246 g/mol. The van der Waals surface area contributed by atoms with E-state index in [-0.39, 0.29) is 0 Å². The van der Waals surface area contributed by atoms with Crippen LogP contribution in [0.4, 0.5) is 0 Å². The van der Waals surface area contributed by atoms with Crippen molar-refractivity contribution >= 4 is 11.0 Å². The molecule has 0 spiro atoms. The topological polar surface area (TPSA) is 25.2 Å². The summed E-state index contributed by atoms with van der Waals surface area (Å²) < 4.78 is 6.23. The lowest BCUT2D eigenvalue weighted by molar-refractivity contribution is 0.511. The highest BCUT2D eigenvalue weighted by molar-refractivity contribution is 5.85. The average Bonchev–Trinajstić information content (AvgIpc) is 2.76. The first-order valence-electron chi connectivity index (χ1n) is 7.76. The second-order valence-corrected chi connectivity index (χ2v) is 6.17. The van der Waals surface area contributed by atoms with Gasteiger partial charge in [-0.3, -0.25) is 0 Å². The quantitative estimate of drug-likeness (QED) is 0.812. The second-order valence-electron chi connectivity index (χ2n) is 6.17. The molecule has 1 heterocycles. The Bertz CT molecular complexity index is 568. The first-order chi connectivity index (χ1) is 9.58. The van der Waals surface area contributed by atoms with Crippen LogP contribution in [0.1, 0.15) is 56.9 Å². The molecule has 0 saturated carbocycles. The van der Waals surface area contributed by atoms with Crippen LogP contribution in [-0.2, 0) is 13.0 Å². The van der Waals surface area contributed by atoms with Crippen molar-refractivity contribution in [3.8, 4) is 0 Å². The molecule has 1 N–H and O–H groups in total. The van der Waals surface area contributed by atoms with Crippen LogP contribution in [-0.4, -0.2) is 7.05 Å². The number of nitrogens with one attached hydrogen (secondary N) is 1. The van der Waals surface area contributed by atoms with Gasteiger partial charge in [-0.2, -0.15) is 0 Å². The molecule has 1 aromatic heterocycles. The molecule has 0 saturated heterocycles. The molecule has 2 rings (SSSR count). The zero-order chi connectivity index (χ0) is 14.7. The third-order valence-corrected chi connectivity index (χ3v) is 4.03. The van der Waals surface area contributed by atoms with Crippen LogP contribution in [0.15, 0.2) is 22.6 Å². The lowest BCUT2D eigenvalue weighted by Gasteiger charge is -2.09. The van der Waals surface area contributed by atoms with Crippen LogP contribution in [0.2, 0.25) is 0 Å². The first kappa shape index (κ1) is 15.1. The molecule has 0 fully saturated rings. The molecule has 2 heteroatoms. The molecule has 0 bridgehead atoms. The van der Waals surface area contributed by atoms with Crippen molar-refractivity contribution in [3.05, 3.63) is 35.1 Å². The minimum Gasteiger partial charge on any atom is -0.459 e. The van der Waals surface area contributed by atoms with E-state index in [0.29, 0.717) is 11.8 Å². The van der Waals surface area contributed by atoms with Crippen LogP contribution in [0.5, 0.6) is 0 Å². The first-order valence-corrected chi connectivity index (χ1v) is 7.76. The van der Waals surface area contributed by atoms with E-state index in [1.165, 1.54) is 16.5 Å². The van der Waals surface area contributed by atoms with Crippen molar-refractivity contribution in [1.82, 2.24) is 5.32 Å². The van der Waals surface area contributed by atoms with Gasteiger partial charge in [-0.1, -0.05) is 45.9 Å². The zero-order valence-electron chi connectivity index (χ0n) is 13.4. The minimum atomic E-state index is 0.541. The molecule has 1 unspecified atom stereocenters. The fourth-order valence-electron chi connectivity index (χ4n) is 2.78. The Labute approximate surface area is 122 Å². The van der Waals surface area contributed by atoms with Gasteiger partial charge in [0.1, 0.15) is 11.3 Å². The SMILES string of the molecule is CCC(C)c1cccc2c(CC(C)C)c(CNC)oc12. The molecule has 2 aromatic rings. The molecular formula is C18H27NO. The highest BCUT2D eigenvalue weighted by Gasteiger charge is 2.18. The number of hydrogen-bond acceptors (Lipinski definition) is 2. The third-order valence-electron chi connectivity index (χ3n) is 4.03. The van der Waals surface area contributed by atoms with Crippen LogP contribution in [0.3, 0.4) is 0 Å². The second kappa shape index (κ2) is 6.45. The number of para-hydroxylation sites is 1. The summed E-state index contributed by atoms with van der Waals surface area (Å²) in [5.74, 6) is 2.28. The average molecular weight is 273 g/mol. The molecule has 2 nitrogen and oxygen atoms in total. The van der Waals surface area contributed by atoms with E-state index < -0.39 is 0 Å². The van der Waals surface area contributed by atoms with Gasteiger partial charge in [0.15, 0.2) is 0 Å². The monoisotopic (exact) mass is 273 g/mol. The van der Waals surface area contributed by atoms with E-state index in [4.69, 9.17) is 4.42 Å². The van der Waals surface area contributed by atoms with Gasteiger partial charge in [0.2, 0.25) is 0 Å². The Kier molecular flexibility index (Phi) is 4.87. The summed E-state index contributed by atoms with van der Waals surface area (Å²) in [6.07, 6.45) is 2.22.